The number of ether oxygens (including phenoxy) is 1. The molecule has 0 radical (unpaired) electrons. The molecule has 4 nitrogen and oxygen atoms in total. The quantitative estimate of drug-likeness (QED) is 0.887. The van der Waals surface area contributed by atoms with Gasteiger partial charge in [0, 0.05) is 12.1 Å². The lowest BCUT2D eigenvalue weighted by Gasteiger charge is -2.23. The van der Waals surface area contributed by atoms with Crippen molar-refractivity contribution in [3.8, 4) is 5.75 Å². The average Bonchev–Trinajstić information content (AvgIpc) is 2.39. The molecule has 0 aromatic heterocycles. The predicted octanol–water partition coefficient (Wildman–Crippen LogP) is 2.31. The molecule has 1 aliphatic rings. The van der Waals surface area contributed by atoms with Gasteiger partial charge in [-0.3, -0.25) is 4.79 Å². The van der Waals surface area contributed by atoms with Crippen LogP contribution < -0.4 is 15.8 Å². The number of aryl methyl sites for hydroxylation is 1. The second-order valence-electron chi connectivity index (χ2n) is 5.78. The Morgan fingerprint density at radius 1 is 1.40 bits per heavy atom. The number of amides is 1. The van der Waals surface area contributed by atoms with Crippen molar-refractivity contribution in [1.82, 2.24) is 5.32 Å². The third-order valence-corrected chi connectivity index (χ3v) is 3.59. The molecule has 1 aliphatic carbocycles. The minimum Gasteiger partial charge on any atom is -0.481 e. The third kappa shape index (κ3) is 3.51. The van der Waals surface area contributed by atoms with Gasteiger partial charge in [-0.25, -0.2) is 0 Å². The molecule has 1 amide bonds. The van der Waals surface area contributed by atoms with Crippen molar-refractivity contribution in [2.45, 2.75) is 58.2 Å². The van der Waals surface area contributed by atoms with Gasteiger partial charge in [-0.1, -0.05) is 6.07 Å². The molecule has 110 valence electrons. The first-order valence-corrected chi connectivity index (χ1v) is 7.33. The summed E-state index contributed by atoms with van der Waals surface area (Å²) in [6.45, 7) is 5.63. The number of carbonyl (C=O) groups is 1. The van der Waals surface area contributed by atoms with Crippen LogP contribution in [0.3, 0.4) is 0 Å². The first-order chi connectivity index (χ1) is 9.47. The molecule has 0 heterocycles. The van der Waals surface area contributed by atoms with Gasteiger partial charge in [-0.15, -0.1) is 0 Å². The number of benzene rings is 1. The maximum absolute atomic E-state index is 11.9. The summed E-state index contributed by atoms with van der Waals surface area (Å²) in [7, 11) is 0. The van der Waals surface area contributed by atoms with E-state index in [1.165, 1.54) is 5.56 Å². The van der Waals surface area contributed by atoms with E-state index in [-0.39, 0.29) is 18.0 Å². The number of hydrogen-bond acceptors (Lipinski definition) is 3. The monoisotopic (exact) mass is 276 g/mol. The van der Waals surface area contributed by atoms with E-state index in [1.54, 1.807) is 6.92 Å². The van der Waals surface area contributed by atoms with Crippen LogP contribution in [0.4, 0.5) is 0 Å². The fourth-order valence-corrected chi connectivity index (χ4v) is 2.55. The van der Waals surface area contributed by atoms with Crippen molar-refractivity contribution in [3.63, 3.8) is 0 Å². The Morgan fingerprint density at radius 2 is 2.15 bits per heavy atom. The van der Waals surface area contributed by atoms with Crippen molar-refractivity contribution in [1.29, 1.82) is 0 Å². The fraction of sp³-hybridized carbons (Fsp3) is 0.562. The zero-order valence-electron chi connectivity index (χ0n) is 12.5. The molecule has 0 fully saturated rings. The Bertz CT molecular complexity index is 485. The summed E-state index contributed by atoms with van der Waals surface area (Å²) in [6, 6.07) is 6.18. The SMILES string of the molecule is CC(C)NC(=O)C(C)Oc1ccc2c(c1)[C@H](N)CCC2. The Balaban J connectivity index is 2.06. The fourth-order valence-electron chi connectivity index (χ4n) is 2.55. The van der Waals surface area contributed by atoms with Crippen LogP contribution in [0.25, 0.3) is 0 Å². The number of carbonyl (C=O) groups excluding carboxylic acids is 1. The summed E-state index contributed by atoms with van der Waals surface area (Å²) in [5, 5.41) is 2.85. The van der Waals surface area contributed by atoms with Crippen molar-refractivity contribution in [2.24, 2.45) is 5.73 Å². The van der Waals surface area contributed by atoms with E-state index >= 15 is 0 Å². The zero-order chi connectivity index (χ0) is 14.7. The highest BCUT2D eigenvalue weighted by atomic mass is 16.5. The number of nitrogens with two attached hydrogens (primary N) is 1. The summed E-state index contributed by atoms with van der Waals surface area (Å²) in [6.07, 6.45) is 2.73. The van der Waals surface area contributed by atoms with Crippen molar-refractivity contribution in [3.05, 3.63) is 29.3 Å². The van der Waals surface area contributed by atoms with Gasteiger partial charge in [0.05, 0.1) is 0 Å². The van der Waals surface area contributed by atoms with Gasteiger partial charge in [0.15, 0.2) is 6.10 Å². The maximum atomic E-state index is 11.9. The van der Waals surface area contributed by atoms with Crippen LogP contribution in [0.2, 0.25) is 0 Å². The third-order valence-electron chi connectivity index (χ3n) is 3.59. The molecule has 1 unspecified atom stereocenters. The van der Waals surface area contributed by atoms with Crippen LogP contribution in [0, 0.1) is 0 Å². The van der Waals surface area contributed by atoms with E-state index in [2.05, 4.69) is 11.4 Å². The summed E-state index contributed by atoms with van der Waals surface area (Å²) < 4.78 is 5.72. The lowest BCUT2D eigenvalue weighted by molar-refractivity contribution is -0.127. The molecule has 4 heteroatoms. The smallest absolute Gasteiger partial charge is 0.260 e. The Hall–Kier alpha value is -1.55. The molecular formula is C16H24N2O2. The molecule has 3 N–H and O–H groups in total. The van der Waals surface area contributed by atoms with Crippen LogP contribution in [-0.2, 0) is 11.2 Å². The van der Waals surface area contributed by atoms with Gasteiger partial charge in [0.25, 0.3) is 5.91 Å². The summed E-state index contributed by atoms with van der Waals surface area (Å²) in [4.78, 5) is 11.9. The molecular weight excluding hydrogens is 252 g/mol. The van der Waals surface area contributed by atoms with Gasteiger partial charge >= 0.3 is 0 Å². The zero-order valence-corrected chi connectivity index (χ0v) is 12.5. The van der Waals surface area contributed by atoms with Gasteiger partial charge in [-0.05, 0) is 63.3 Å². The average molecular weight is 276 g/mol. The molecule has 0 saturated heterocycles. The summed E-state index contributed by atoms with van der Waals surface area (Å²) in [5.74, 6) is 0.620. The molecule has 2 rings (SSSR count). The van der Waals surface area contributed by atoms with E-state index in [0.29, 0.717) is 5.75 Å². The second kappa shape index (κ2) is 6.27. The largest absolute Gasteiger partial charge is 0.481 e. The molecule has 1 aromatic rings. The van der Waals surface area contributed by atoms with Crippen molar-refractivity contribution in [2.75, 3.05) is 0 Å². The topological polar surface area (TPSA) is 64.3 Å². The lowest BCUT2D eigenvalue weighted by Crippen LogP contribution is -2.40. The van der Waals surface area contributed by atoms with Crippen molar-refractivity contribution < 1.29 is 9.53 Å². The van der Waals surface area contributed by atoms with Crippen LogP contribution >= 0.6 is 0 Å². The molecule has 0 aliphatic heterocycles. The minimum absolute atomic E-state index is 0.0853. The number of nitrogens with one attached hydrogen (secondary N) is 1. The standard InChI is InChI=1S/C16H24N2O2/c1-10(2)18-16(19)11(3)20-13-8-7-12-5-4-6-15(17)14(12)9-13/h7-11,15H,4-6,17H2,1-3H3,(H,18,19)/t11?,15-/m1/s1. The van der Waals surface area contributed by atoms with Crippen molar-refractivity contribution >= 4 is 5.91 Å². The van der Waals surface area contributed by atoms with E-state index in [0.717, 1.165) is 24.8 Å². The van der Waals surface area contributed by atoms with Gasteiger partial charge in [0.2, 0.25) is 0 Å². The van der Waals surface area contributed by atoms with Crippen LogP contribution in [0.1, 0.15) is 50.8 Å². The molecule has 0 spiro atoms. The Labute approximate surface area is 120 Å². The number of rotatable bonds is 4. The Kier molecular flexibility index (Phi) is 4.65. The maximum Gasteiger partial charge on any atom is 0.260 e. The van der Waals surface area contributed by atoms with Crippen LogP contribution in [0.5, 0.6) is 5.75 Å². The number of fused-ring (bicyclic) bond motifs is 1. The molecule has 1 aromatic carbocycles. The Morgan fingerprint density at radius 3 is 2.85 bits per heavy atom. The molecule has 2 atom stereocenters. The van der Waals surface area contributed by atoms with E-state index in [4.69, 9.17) is 10.5 Å². The summed E-state index contributed by atoms with van der Waals surface area (Å²) in [5.41, 5.74) is 8.60. The van der Waals surface area contributed by atoms with Gasteiger partial charge < -0.3 is 15.8 Å². The highest BCUT2D eigenvalue weighted by Gasteiger charge is 2.19. The first-order valence-electron chi connectivity index (χ1n) is 7.33. The van der Waals surface area contributed by atoms with Crippen LogP contribution in [0.15, 0.2) is 18.2 Å². The van der Waals surface area contributed by atoms with E-state index in [1.807, 2.05) is 26.0 Å². The lowest BCUT2D eigenvalue weighted by atomic mass is 9.88. The molecule has 20 heavy (non-hydrogen) atoms. The normalized spacial score (nSPS) is 19.4. The van der Waals surface area contributed by atoms with Gasteiger partial charge in [-0.2, -0.15) is 0 Å². The molecule has 0 saturated carbocycles. The minimum atomic E-state index is -0.504. The van der Waals surface area contributed by atoms with Crippen LogP contribution in [-0.4, -0.2) is 18.1 Å². The van der Waals surface area contributed by atoms with E-state index in [9.17, 15) is 4.79 Å². The van der Waals surface area contributed by atoms with Gasteiger partial charge in [0.1, 0.15) is 5.75 Å². The molecule has 0 bridgehead atoms. The summed E-state index contributed by atoms with van der Waals surface area (Å²) >= 11 is 0. The number of hydrogen-bond donors (Lipinski definition) is 2. The highest BCUT2D eigenvalue weighted by molar-refractivity contribution is 5.80. The predicted molar refractivity (Wildman–Crippen MR) is 79.7 cm³/mol. The van der Waals surface area contributed by atoms with E-state index < -0.39 is 6.10 Å². The second-order valence-corrected chi connectivity index (χ2v) is 5.78. The first kappa shape index (κ1) is 14.9. The highest BCUT2D eigenvalue weighted by Crippen LogP contribution is 2.31.